The van der Waals surface area contributed by atoms with Gasteiger partial charge in [0.15, 0.2) is 0 Å². The lowest BCUT2D eigenvalue weighted by atomic mass is 9.86. The Morgan fingerprint density at radius 3 is 2.42 bits per heavy atom. The summed E-state index contributed by atoms with van der Waals surface area (Å²) < 4.78 is 5.03. The van der Waals surface area contributed by atoms with Gasteiger partial charge < -0.3 is 15.2 Å². The van der Waals surface area contributed by atoms with Crippen molar-refractivity contribution in [1.29, 1.82) is 0 Å². The number of aliphatic carboxylic acids is 1. The Balaban J connectivity index is 2.91. The molecule has 1 aromatic rings. The first kappa shape index (κ1) is 15.0. The van der Waals surface area contributed by atoms with Crippen molar-refractivity contribution < 1.29 is 19.4 Å². The molecular weight excluding hydrogens is 246 g/mol. The van der Waals surface area contributed by atoms with Crippen LogP contribution in [0.5, 0.6) is 5.75 Å². The largest absolute Gasteiger partial charge is 0.497 e. The smallest absolute Gasteiger partial charge is 0.326 e. The maximum atomic E-state index is 12.0. The number of hydrogen-bond donors (Lipinski definition) is 2. The molecule has 0 bridgehead atoms. The van der Waals surface area contributed by atoms with Crippen molar-refractivity contribution in [2.45, 2.75) is 26.8 Å². The van der Waals surface area contributed by atoms with E-state index in [0.717, 1.165) is 0 Å². The molecule has 1 rings (SSSR count). The molecule has 1 aromatic carbocycles. The fourth-order valence-corrected chi connectivity index (χ4v) is 1.63. The van der Waals surface area contributed by atoms with Crippen LogP contribution in [0.1, 0.15) is 31.1 Å². The lowest BCUT2D eigenvalue weighted by Crippen LogP contribution is -2.49. The second kappa shape index (κ2) is 5.73. The van der Waals surface area contributed by atoms with E-state index in [1.165, 1.54) is 7.11 Å². The van der Waals surface area contributed by atoms with Crippen LogP contribution in [0.25, 0.3) is 0 Å². The lowest BCUT2D eigenvalue weighted by Gasteiger charge is -2.27. The van der Waals surface area contributed by atoms with E-state index in [0.29, 0.717) is 11.3 Å². The molecule has 5 nitrogen and oxygen atoms in total. The van der Waals surface area contributed by atoms with Crippen LogP contribution in [0.15, 0.2) is 24.3 Å². The minimum atomic E-state index is -1.05. The van der Waals surface area contributed by atoms with E-state index in [4.69, 9.17) is 9.84 Å². The van der Waals surface area contributed by atoms with E-state index in [1.54, 1.807) is 45.0 Å². The van der Waals surface area contributed by atoms with Crippen molar-refractivity contribution in [2.75, 3.05) is 7.11 Å². The number of carboxylic acids is 1. The number of methoxy groups -OCH3 is 1. The fraction of sp³-hybridized carbons (Fsp3) is 0.429. The summed E-state index contributed by atoms with van der Waals surface area (Å²) in [4.78, 5) is 23.2. The average molecular weight is 265 g/mol. The van der Waals surface area contributed by atoms with Crippen LogP contribution < -0.4 is 10.1 Å². The third-order valence-corrected chi connectivity index (χ3v) is 2.72. The summed E-state index contributed by atoms with van der Waals surface area (Å²) in [5, 5.41) is 11.7. The Hall–Kier alpha value is -2.04. The molecule has 0 saturated carbocycles. The van der Waals surface area contributed by atoms with Crippen LogP contribution in [-0.4, -0.2) is 30.1 Å². The third kappa shape index (κ3) is 3.98. The van der Waals surface area contributed by atoms with E-state index in [9.17, 15) is 9.59 Å². The summed E-state index contributed by atoms with van der Waals surface area (Å²) in [7, 11) is 1.51. The molecule has 5 heteroatoms. The van der Waals surface area contributed by atoms with Crippen molar-refractivity contribution in [3.63, 3.8) is 0 Å². The second-order valence-corrected chi connectivity index (χ2v) is 5.34. The number of benzene rings is 1. The van der Waals surface area contributed by atoms with E-state index in [1.807, 2.05) is 0 Å². The van der Waals surface area contributed by atoms with E-state index < -0.39 is 23.3 Å². The quantitative estimate of drug-likeness (QED) is 0.872. The molecular formula is C14H19NO4. The number of hydrogen-bond acceptors (Lipinski definition) is 3. The van der Waals surface area contributed by atoms with Gasteiger partial charge in [0.2, 0.25) is 0 Å². The Morgan fingerprint density at radius 2 is 1.95 bits per heavy atom. The maximum absolute atomic E-state index is 12.0. The van der Waals surface area contributed by atoms with Gasteiger partial charge in [-0.15, -0.1) is 0 Å². The van der Waals surface area contributed by atoms with Crippen molar-refractivity contribution >= 4 is 11.9 Å². The first-order valence-corrected chi connectivity index (χ1v) is 5.93. The number of rotatable bonds is 4. The molecule has 0 aliphatic rings. The molecule has 0 fully saturated rings. The predicted octanol–water partition coefficient (Wildman–Crippen LogP) is 1.92. The monoisotopic (exact) mass is 265 g/mol. The summed E-state index contributed by atoms with van der Waals surface area (Å²) in [6, 6.07) is 5.62. The van der Waals surface area contributed by atoms with E-state index in [2.05, 4.69) is 5.32 Å². The van der Waals surface area contributed by atoms with Gasteiger partial charge in [0.05, 0.1) is 7.11 Å². The Bertz CT molecular complexity index is 477. The molecule has 2 N–H and O–H groups in total. The number of carbonyl (C=O) groups excluding carboxylic acids is 1. The molecule has 0 heterocycles. The molecule has 1 amide bonds. The van der Waals surface area contributed by atoms with Crippen LogP contribution in [0, 0.1) is 5.41 Å². The van der Waals surface area contributed by atoms with Crippen LogP contribution in [0.2, 0.25) is 0 Å². The minimum absolute atomic E-state index is 0.370. The highest BCUT2D eigenvalue weighted by atomic mass is 16.5. The number of carboxylic acid groups (broad SMARTS) is 1. The zero-order chi connectivity index (χ0) is 14.6. The standard InChI is InChI=1S/C14H19NO4/c1-14(2,3)11(13(17)18)15-12(16)9-6-5-7-10(8-9)19-4/h5-8,11H,1-4H3,(H,15,16)(H,17,18). The normalized spacial score (nSPS) is 12.6. The van der Waals surface area contributed by atoms with E-state index >= 15 is 0 Å². The molecule has 0 saturated heterocycles. The molecule has 0 aliphatic carbocycles. The van der Waals surface area contributed by atoms with Crippen molar-refractivity contribution in [3.05, 3.63) is 29.8 Å². The molecule has 1 unspecified atom stereocenters. The number of nitrogens with one attached hydrogen (secondary N) is 1. The molecule has 0 aromatic heterocycles. The molecule has 19 heavy (non-hydrogen) atoms. The van der Waals surface area contributed by atoms with Crippen LogP contribution in [0.4, 0.5) is 0 Å². The number of carbonyl (C=O) groups is 2. The van der Waals surface area contributed by atoms with Crippen molar-refractivity contribution in [1.82, 2.24) is 5.32 Å². The zero-order valence-corrected chi connectivity index (χ0v) is 11.6. The lowest BCUT2D eigenvalue weighted by molar-refractivity contribution is -0.142. The fourth-order valence-electron chi connectivity index (χ4n) is 1.63. The van der Waals surface area contributed by atoms with Crippen molar-refractivity contribution in [3.8, 4) is 5.75 Å². The van der Waals surface area contributed by atoms with Crippen molar-refractivity contribution in [2.24, 2.45) is 5.41 Å². The highest BCUT2D eigenvalue weighted by molar-refractivity contribution is 5.97. The molecule has 1 atom stereocenters. The summed E-state index contributed by atoms with van der Waals surface area (Å²) in [5.74, 6) is -0.930. The van der Waals surface area contributed by atoms with Gasteiger partial charge in [-0.1, -0.05) is 26.8 Å². The van der Waals surface area contributed by atoms with Crippen LogP contribution in [0.3, 0.4) is 0 Å². The van der Waals surface area contributed by atoms with Gasteiger partial charge in [-0.3, -0.25) is 4.79 Å². The van der Waals surface area contributed by atoms with Crippen LogP contribution in [-0.2, 0) is 4.79 Å². The summed E-state index contributed by atoms with van der Waals surface area (Å²) >= 11 is 0. The topological polar surface area (TPSA) is 75.6 Å². The van der Waals surface area contributed by atoms with Crippen LogP contribution >= 0.6 is 0 Å². The Labute approximate surface area is 112 Å². The SMILES string of the molecule is COc1cccc(C(=O)NC(C(=O)O)C(C)(C)C)c1. The number of ether oxygens (including phenoxy) is 1. The van der Waals surface area contributed by atoms with Gasteiger partial charge in [0.25, 0.3) is 5.91 Å². The van der Waals surface area contributed by atoms with Gasteiger partial charge in [-0.25, -0.2) is 4.79 Å². The predicted molar refractivity (Wildman–Crippen MR) is 71.3 cm³/mol. The highest BCUT2D eigenvalue weighted by Gasteiger charge is 2.32. The van der Waals surface area contributed by atoms with Gasteiger partial charge >= 0.3 is 5.97 Å². The minimum Gasteiger partial charge on any atom is -0.497 e. The van der Waals surface area contributed by atoms with Gasteiger partial charge in [-0.2, -0.15) is 0 Å². The zero-order valence-electron chi connectivity index (χ0n) is 11.6. The number of amides is 1. The van der Waals surface area contributed by atoms with Gasteiger partial charge in [0.1, 0.15) is 11.8 Å². The molecule has 0 radical (unpaired) electrons. The Kier molecular flexibility index (Phi) is 4.53. The van der Waals surface area contributed by atoms with E-state index in [-0.39, 0.29) is 0 Å². The first-order valence-electron chi connectivity index (χ1n) is 5.93. The second-order valence-electron chi connectivity index (χ2n) is 5.34. The Morgan fingerprint density at radius 1 is 1.32 bits per heavy atom. The molecule has 0 spiro atoms. The third-order valence-electron chi connectivity index (χ3n) is 2.72. The highest BCUT2D eigenvalue weighted by Crippen LogP contribution is 2.20. The van der Waals surface area contributed by atoms with Gasteiger partial charge in [-0.05, 0) is 23.6 Å². The maximum Gasteiger partial charge on any atom is 0.326 e. The molecule has 0 aliphatic heterocycles. The summed E-state index contributed by atoms with van der Waals surface area (Å²) in [5.41, 5.74) is -0.199. The summed E-state index contributed by atoms with van der Waals surface area (Å²) in [6.45, 7) is 5.28. The summed E-state index contributed by atoms with van der Waals surface area (Å²) in [6.07, 6.45) is 0. The first-order chi connectivity index (χ1) is 8.75. The average Bonchev–Trinajstić information content (AvgIpc) is 2.33. The van der Waals surface area contributed by atoms with Gasteiger partial charge in [0, 0.05) is 5.56 Å². The molecule has 104 valence electrons.